The van der Waals surface area contributed by atoms with Crippen LogP contribution in [-0.4, -0.2) is 27.2 Å². The van der Waals surface area contributed by atoms with Crippen molar-refractivity contribution in [3.63, 3.8) is 0 Å². The zero-order valence-electron chi connectivity index (χ0n) is 10.5. The van der Waals surface area contributed by atoms with Gasteiger partial charge in [0, 0.05) is 25.7 Å². The van der Waals surface area contributed by atoms with E-state index >= 15 is 0 Å². The van der Waals surface area contributed by atoms with Crippen molar-refractivity contribution in [2.75, 3.05) is 11.4 Å². The molecule has 2 aliphatic rings. The van der Waals surface area contributed by atoms with Gasteiger partial charge in [0.05, 0.1) is 28.8 Å². The van der Waals surface area contributed by atoms with Crippen molar-refractivity contribution in [3.8, 4) is 0 Å². The van der Waals surface area contributed by atoms with Crippen molar-refractivity contribution in [1.82, 2.24) is 14.8 Å². The summed E-state index contributed by atoms with van der Waals surface area (Å²) < 4.78 is 1.95. The number of aryl methyl sites for hydroxylation is 1. The van der Waals surface area contributed by atoms with Crippen LogP contribution in [0, 0.1) is 0 Å². The second-order valence-corrected chi connectivity index (χ2v) is 5.01. The molecular formula is C14H14N4O. The van der Waals surface area contributed by atoms with Crippen molar-refractivity contribution in [2.24, 2.45) is 0 Å². The molecule has 2 aromatic rings. The second-order valence-electron chi connectivity index (χ2n) is 5.01. The van der Waals surface area contributed by atoms with E-state index < -0.39 is 0 Å². The number of aromatic nitrogens is 3. The van der Waals surface area contributed by atoms with E-state index in [1.807, 2.05) is 21.7 Å². The van der Waals surface area contributed by atoms with Crippen molar-refractivity contribution >= 4 is 11.6 Å². The third-order valence-electron chi connectivity index (χ3n) is 3.94. The first-order valence-corrected chi connectivity index (χ1v) is 6.65. The Morgan fingerprint density at radius 3 is 3.16 bits per heavy atom. The normalized spacial score (nSPS) is 16.5. The Bertz CT molecular complexity index is 661. The molecule has 0 atom stereocenters. The number of amides is 1. The van der Waals surface area contributed by atoms with Crippen molar-refractivity contribution in [1.29, 1.82) is 0 Å². The topological polar surface area (TPSA) is 51.0 Å². The highest BCUT2D eigenvalue weighted by molar-refractivity contribution is 6.07. The molecule has 4 rings (SSSR count). The highest BCUT2D eigenvalue weighted by Gasteiger charge is 2.30. The number of fused-ring (bicyclic) bond motifs is 2. The SMILES string of the molecule is O=C(c1cnn2c1CCC2)N1CCc2ncccc21. The molecule has 0 saturated carbocycles. The largest absolute Gasteiger partial charge is 0.306 e. The second kappa shape index (κ2) is 3.91. The Morgan fingerprint density at radius 2 is 2.21 bits per heavy atom. The van der Waals surface area contributed by atoms with E-state index in [1.165, 1.54) is 0 Å². The third kappa shape index (κ3) is 1.51. The fourth-order valence-electron chi connectivity index (χ4n) is 3.00. The lowest BCUT2D eigenvalue weighted by Gasteiger charge is -2.16. The molecule has 96 valence electrons. The smallest absolute Gasteiger partial charge is 0.261 e. The van der Waals surface area contributed by atoms with Gasteiger partial charge in [0.2, 0.25) is 0 Å². The van der Waals surface area contributed by atoms with Gasteiger partial charge in [-0.1, -0.05) is 0 Å². The predicted octanol–water partition coefficient (Wildman–Crippen LogP) is 1.43. The van der Waals surface area contributed by atoms with Gasteiger partial charge >= 0.3 is 0 Å². The summed E-state index contributed by atoms with van der Waals surface area (Å²) in [7, 11) is 0. The van der Waals surface area contributed by atoms with Gasteiger partial charge in [-0.3, -0.25) is 14.5 Å². The number of rotatable bonds is 1. The quantitative estimate of drug-likeness (QED) is 0.773. The van der Waals surface area contributed by atoms with Crippen LogP contribution in [0.3, 0.4) is 0 Å². The van der Waals surface area contributed by atoms with Gasteiger partial charge < -0.3 is 4.90 Å². The lowest BCUT2D eigenvalue weighted by molar-refractivity contribution is 0.0988. The van der Waals surface area contributed by atoms with E-state index in [-0.39, 0.29) is 5.91 Å². The number of carbonyl (C=O) groups excluding carboxylic acids is 1. The standard InChI is InChI=1S/C14H14N4O/c19-14(10-9-16-18-7-2-4-12(10)18)17-8-5-11-13(17)3-1-6-15-11/h1,3,6,9H,2,4-5,7-8H2. The van der Waals surface area contributed by atoms with Gasteiger partial charge in [0.25, 0.3) is 5.91 Å². The summed E-state index contributed by atoms with van der Waals surface area (Å²) in [6, 6.07) is 3.85. The molecule has 4 heterocycles. The summed E-state index contributed by atoms with van der Waals surface area (Å²) in [5.41, 5.74) is 3.81. The number of hydrogen-bond acceptors (Lipinski definition) is 3. The highest BCUT2D eigenvalue weighted by Crippen LogP contribution is 2.28. The predicted molar refractivity (Wildman–Crippen MR) is 70.2 cm³/mol. The van der Waals surface area contributed by atoms with E-state index in [1.54, 1.807) is 12.4 Å². The van der Waals surface area contributed by atoms with Crippen molar-refractivity contribution in [3.05, 3.63) is 41.5 Å². The fraction of sp³-hybridized carbons (Fsp3) is 0.357. The van der Waals surface area contributed by atoms with Crippen LogP contribution in [-0.2, 0) is 19.4 Å². The van der Waals surface area contributed by atoms with Gasteiger partial charge in [-0.15, -0.1) is 0 Å². The Morgan fingerprint density at radius 1 is 1.26 bits per heavy atom. The molecule has 0 N–H and O–H groups in total. The molecule has 0 saturated heterocycles. The first-order valence-electron chi connectivity index (χ1n) is 6.65. The first kappa shape index (κ1) is 10.7. The molecule has 0 unspecified atom stereocenters. The molecule has 1 amide bonds. The Kier molecular flexibility index (Phi) is 2.21. The summed E-state index contributed by atoms with van der Waals surface area (Å²) >= 11 is 0. The molecule has 0 radical (unpaired) electrons. The average molecular weight is 254 g/mol. The molecule has 19 heavy (non-hydrogen) atoms. The van der Waals surface area contributed by atoms with E-state index in [0.717, 1.165) is 55.0 Å². The highest BCUT2D eigenvalue weighted by atomic mass is 16.2. The number of hydrogen-bond donors (Lipinski definition) is 0. The maximum Gasteiger partial charge on any atom is 0.261 e. The maximum atomic E-state index is 12.7. The molecule has 0 aliphatic carbocycles. The maximum absolute atomic E-state index is 12.7. The van der Waals surface area contributed by atoms with E-state index in [2.05, 4.69) is 10.1 Å². The summed E-state index contributed by atoms with van der Waals surface area (Å²) in [6.07, 6.45) is 6.37. The summed E-state index contributed by atoms with van der Waals surface area (Å²) in [5, 5.41) is 4.30. The van der Waals surface area contributed by atoms with Crippen LogP contribution in [0.5, 0.6) is 0 Å². The molecule has 0 fully saturated rings. The van der Waals surface area contributed by atoms with Gasteiger partial charge in [0.15, 0.2) is 0 Å². The average Bonchev–Trinajstić information content (AvgIpc) is 3.12. The van der Waals surface area contributed by atoms with Crippen LogP contribution in [0.25, 0.3) is 0 Å². The zero-order chi connectivity index (χ0) is 12.8. The minimum Gasteiger partial charge on any atom is -0.306 e. The van der Waals surface area contributed by atoms with Gasteiger partial charge in [-0.2, -0.15) is 5.10 Å². The fourth-order valence-corrected chi connectivity index (χ4v) is 3.00. The summed E-state index contributed by atoms with van der Waals surface area (Å²) in [5.74, 6) is 0.0647. The minimum absolute atomic E-state index is 0.0647. The Balaban J connectivity index is 1.72. The number of carbonyl (C=O) groups is 1. The molecule has 2 aliphatic heterocycles. The molecule has 2 aromatic heterocycles. The molecule has 5 nitrogen and oxygen atoms in total. The van der Waals surface area contributed by atoms with Crippen LogP contribution in [0.15, 0.2) is 24.5 Å². The van der Waals surface area contributed by atoms with E-state index in [0.29, 0.717) is 0 Å². The molecule has 0 bridgehead atoms. The molecule has 5 heteroatoms. The van der Waals surface area contributed by atoms with Crippen molar-refractivity contribution < 1.29 is 4.79 Å². The molecule has 0 aromatic carbocycles. The summed E-state index contributed by atoms with van der Waals surface area (Å²) in [4.78, 5) is 18.8. The lowest BCUT2D eigenvalue weighted by Crippen LogP contribution is -2.29. The van der Waals surface area contributed by atoms with Crippen LogP contribution in [0.2, 0.25) is 0 Å². The van der Waals surface area contributed by atoms with Crippen LogP contribution in [0.1, 0.15) is 28.2 Å². The minimum atomic E-state index is 0.0647. The lowest BCUT2D eigenvalue weighted by atomic mass is 10.1. The molecule has 0 spiro atoms. The summed E-state index contributed by atoms with van der Waals surface area (Å²) in [6.45, 7) is 1.65. The molecular weight excluding hydrogens is 240 g/mol. The first-order chi connectivity index (χ1) is 9.34. The van der Waals surface area contributed by atoms with Gasteiger partial charge in [-0.05, 0) is 25.0 Å². The van der Waals surface area contributed by atoms with Crippen LogP contribution < -0.4 is 4.90 Å². The van der Waals surface area contributed by atoms with Gasteiger partial charge in [-0.25, -0.2) is 0 Å². The Labute approximate surface area is 110 Å². The Hall–Kier alpha value is -2.17. The zero-order valence-corrected chi connectivity index (χ0v) is 10.5. The van der Waals surface area contributed by atoms with Crippen molar-refractivity contribution in [2.45, 2.75) is 25.8 Å². The number of nitrogens with zero attached hydrogens (tertiary/aromatic N) is 4. The van der Waals surface area contributed by atoms with Crippen LogP contribution in [0.4, 0.5) is 5.69 Å². The van der Waals surface area contributed by atoms with E-state index in [9.17, 15) is 4.79 Å². The monoisotopic (exact) mass is 254 g/mol. The van der Waals surface area contributed by atoms with Crippen LogP contribution >= 0.6 is 0 Å². The van der Waals surface area contributed by atoms with Gasteiger partial charge in [0.1, 0.15) is 0 Å². The number of anilines is 1. The number of pyridine rings is 1. The van der Waals surface area contributed by atoms with E-state index in [4.69, 9.17) is 0 Å². The third-order valence-corrected chi connectivity index (χ3v) is 3.94.